The molecule has 34 heavy (non-hydrogen) atoms. The smallest absolute Gasteiger partial charge is 0.163 e. The number of nitrogens with zero attached hydrogens (tertiary/aromatic N) is 1. The molecule has 0 amide bonds. The SMILES string of the molecule is N#C[C@H](c1cccc2ccccc12)[C@@H](CC(=O)c1ccc2ccccc2c1)c1ccc(Br)cc1. The second kappa shape index (κ2) is 9.63. The lowest BCUT2D eigenvalue weighted by molar-refractivity contribution is 0.0972. The number of benzene rings is 5. The molecule has 0 aliphatic heterocycles. The molecule has 0 aromatic heterocycles. The summed E-state index contributed by atoms with van der Waals surface area (Å²) in [6.45, 7) is 0. The van der Waals surface area contributed by atoms with E-state index >= 15 is 0 Å². The first-order valence-electron chi connectivity index (χ1n) is 11.3. The molecule has 0 bridgehead atoms. The molecule has 5 rings (SSSR count). The molecule has 2 atom stereocenters. The summed E-state index contributed by atoms with van der Waals surface area (Å²) in [5.41, 5.74) is 2.62. The van der Waals surface area contributed by atoms with Gasteiger partial charge >= 0.3 is 0 Å². The van der Waals surface area contributed by atoms with Crippen LogP contribution in [0.5, 0.6) is 0 Å². The fourth-order valence-corrected chi connectivity index (χ4v) is 4.98. The third-order valence-electron chi connectivity index (χ3n) is 6.47. The highest BCUT2D eigenvalue weighted by Gasteiger charge is 2.29. The first-order valence-corrected chi connectivity index (χ1v) is 12.1. The normalized spacial score (nSPS) is 12.8. The number of rotatable bonds is 6. The van der Waals surface area contributed by atoms with Crippen molar-refractivity contribution in [2.45, 2.75) is 18.3 Å². The quantitative estimate of drug-likeness (QED) is 0.218. The highest BCUT2D eigenvalue weighted by atomic mass is 79.9. The van der Waals surface area contributed by atoms with E-state index in [2.05, 4.69) is 40.2 Å². The predicted molar refractivity (Wildman–Crippen MR) is 142 cm³/mol. The van der Waals surface area contributed by atoms with E-state index < -0.39 is 5.92 Å². The first kappa shape index (κ1) is 22.1. The van der Waals surface area contributed by atoms with Crippen molar-refractivity contribution in [1.82, 2.24) is 0 Å². The van der Waals surface area contributed by atoms with Gasteiger partial charge in [0.2, 0.25) is 0 Å². The average Bonchev–Trinajstić information content (AvgIpc) is 2.89. The highest BCUT2D eigenvalue weighted by molar-refractivity contribution is 9.10. The summed E-state index contributed by atoms with van der Waals surface area (Å²) in [6.07, 6.45) is 0.251. The van der Waals surface area contributed by atoms with Crippen molar-refractivity contribution in [2.24, 2.45) is 0 Å². The standard InChI is InChI=1S/C31H22BrNO/c32-26-16-14-23(15-17-26)29(19-31(34)25-13-12-21-6-1-2-8-24(21)18-25)30(20-33)28-11-5-9-22-7-3-4-10-27(22)28/h1-18,29-30H,19H2/t29-,30+/m0/s1. The van der Waals surface area contributed by atoms with Crippen LogP contribution < -0.4 is 0 Å². The van der Waals surface area contributed by atoms with Gasteiger partial charge in [0.05, 0.1) is 12.0 Å². The molecule has 0 spiro atoms. The molecule has 5 aromatic carbocycles. The van der Waals surface area contributed by atoms with Crippen molar-refractivity contribution < 1.29 is 4.79 Å². The number of nitriles is 1. The van der Waals surface area contributed by atoms with Gasteiger partial charge in [0.25, 0.3) is 0 Å². The fourth-order valence-electron chi connectivity index (χ4n) is 4.72. The highest BCUT2D eigenvalue weighted by Crippen LogP contribution is 2.39. The number of hydrogen-bond acceptors (Lipinski definition) is 2. The van der Waals surface area contributed by atoms with Gasteiger partial charge in [-0.2, -0.15) is 5.26 Å². The van der Waals surface area contributed by atoms with Gasteiger partial charge in [0, 0.05) is 22.4 Å². The molecular formula is C31H22BrNO. The van der Waals surface area contributed by atoms with E-state index in [1.54, 1.807) is 0 Å². The lowest BCUT2D eigenvalue weighted by atomic mass is 9.77. The number of halogens is 1. The Labute approximate surface area is 207 Å². The van der Waals surface area contributed by atoms with Crippen molar-refractivity contribution in [3.63, 3.8) is 0 Å². The molecule has 0 heterocycles. The summed E-state index contributed by atoms with van der Waals surface area (Å²) in [5, 5.41) is 14.7. The number of ketones is 1. The molecule has 0 saturated carbocycles. The Morgan fingerprint density at radius 2 is 1.44 bits per heavy atom. The number of hydrogen-bond donors (Lipinski definition) is 0. The number of fused-ring (bicyclic) bond motifs is 2. The van der Waals surface area contributed by atoms with Crippen LogP contribution in [0, 0.1) is 11.3 Å². The molecule has 0 aliphatic rings. The Hall–Kier alpha value is -3.74. The Balaban J connectivity index is 1.57. The summed E-state index contributed by atoms with van der Waals surface area (Å²) in [4.78, 5) is 13.5. The molecule has 3 heteroatoms. The molecule has 2 nitrogen and oxygen atoms in total. The summed E-state index contributed by atoms with van der Waals surface area (Å²) in [5.74, 6) is -0.696. The zero-order chi connectivity index (χ0) is 23.5. The van der Waals surface area contributed by atoms with E-state index in [0.29, 0.717) is 5.56 Å². The van der Waals surface area contributed by atoms with Crippen LogP contribution >= 0.6 is 15.9 Å². The van der Waals surface area contributed by atoms with Crippen molar-refractivity contribution in [1.29, 1.82) is 5.26 Å². The molecule has 0 radical (unpaired) electrons. The molecule has 0 unspecified atom stereocenters. The second-order valence-corrected chi connectivity index (χ2v) is 9.44. The molecule has 0 N–H and O–H groups in total. The third-order valence-corrected chi connectivity index (χ3v) is 7.00. The summed E-state index contributed by atoms with van der Waals surface area (Å²) >= 11 is 3.50. The first-order chi connectivity index (χ1) is 16.6. The molecule has 0 saturated heterocycles. The van der Waals surface area contributed by atoms with Crippen LogP contribution in [0.2, 0.25) is 0 Å². The zero-order valence-corrected chi connectivity index (χ0v) is 20.1. The Bertz CT molecular complexity index is 1530. The van der Waals surface area contributed by atoms with E-state index in [4.69, 9.17) is 0 Å². The maximum absolute atomic E-state index is 13.5. The van der Waals surface area contributed by atoms with Crippen molar-refractivity contribution >= 4 is 43.3 Å². The van der Waals surface area contributed by atoms with Gasteiger partial charge < -0.3 is 0 Å². The van der Waals surface area contributed by atoms with Gasteiger partial charge in [0.1, 0.15) is 0 Å². The van der Waals surface area contributed by atoms with E-state index in [-0.39, 0.29) is 18.1 Å². The minimum atomic E-state index is -0.461. The third kappa shape index (κ3) is 4.38. The van der Waals surface area contributed by atoms with Crippen LogP contribution in [0.3, 0.4) is 0 Å². The van der Waals surface area contributed by atoms with Crippen LogP contribution in [0.15, 0.2) is 114 Å². The van der Waals surface area contributed by atoms with E-state index in [0.717, 1.165) is 37.1 Å². The number of carbonyl (C=O) groups is 1. The molecule has 164 valence electrons. The number of Topliss-reactive ketones (excluding diaryl/α,β-unsaturated/α-hetero) is 1. The van der Waals surface area contributed by atoms with Gasteiger partial charge in [0.15, 0.2) is 5.78 Å². The van der Waals surface area contributed by atoms with Gasteiger partial charge in [-0.25, -0.2) is 0 Å². The Morgan fingerprint density at radius 3 is 2.21 bits per heavy atom. The Kier molecular flexibility index (Phi) is 6.25. The molecular weight excluding hydrogens is 482 g/mol. The Morgan fingerprint density at radius 1 is 0.765 bits per heavy atom. The van der Waals surface area contributed by atoms with E-state index in [1.165, 1.54) is 0 Å². The van der Waals surface area contributed by atoms with E-state index in [9.17, 15) is 10.1 Å². The lowest BCUT2D eigenvalue weighted by Crippen LogP contribution is -2.15. The lowest BCUT2D eigenvalue weighted by Gasteiger charge is -2.24. The maximum Gasteiger partial charge on any atom is 0.163 e. The summed E-state index contributed by atoms with van der Waals surface area (Å²) in [6, 6.07) is 38.6. The van der Waals surface area contributed by atoms with Crippen LogP contribution in [-0.2, 0) is 0 Å². The largest absolute Gasteiger partial charge is 0.294 e. The van der Waals surface area contributed by atoms with Crippen LogP contribution in [-0.4, -0.2) is 5.78 Å². The zero-order valence-electron chi connectivity index (χ0n) is 18.5. The minimum absolute atomic E-state index is 0.0409. The van der Waals surface area contributed by atoms with Crippen molar-refractivity contribution in [3.8, 4) is 6.07 Å². The minimum Gasteiger partial charge on any atom is -0.294 e. The van der Waals surface area contributed by atoms with Gasteiger partial charge in [-0.05, 0) is 50.9 Å². The van der Waals surface area contributed by atoms with Gasteiger partial charge in [-0.3, -0.25) is 4.79 Å². The monoisotopic (exact) mass is 503 g/mol. The van der Waals surface area contributed by atoms with Crippen molar-refractivity contribution in [2.75, 3.05) is 0 Å². The van der Waals surface area contributed by atoms with Crippen molar-refractivity contribution in [3.05, 3.63) is 130 Å². The topological polar surface area (TPSA) is 40.9 Å². The molecule has 0 aliphatic carbocycles. The van der Waals surface area contributed by atoms with Gasteiger partial charge in [-0.1, -0.05) is 107 Å². The van der Waals surface area contributed by atoms with Crippen LogP contribution in [0.4, 0.5) is 0 Å². The maximum atomic E-state index is 13.5. The molecule has 5 aromatic rings. The predicted octanol–water partition coefficient (Wildman–Crippen LogP) is 8.42. The van der Waals surface area contributed by atoms with E-state index in [1.807, 2.05) is 91.0 Å². The number of carbonyl (C=O) groups excluding carboxylic acids is 1. The average molecular weight is 504 g/mol. The van der Waals surface area contributed by atoms with Crippen LogP contribution in [0.25, 0.3) is 21.5 Å². The summed E-state index contributed by atoms with van der Waals surface area (Å²) < 4.78 is 0.967. The summed E-state index contributed by atoms with van der Waals surface area (Å²) in [7, 11) is 0. The molecule has 0 fully saturated rings. The van der Waals surface area contributed by atoms with Crippen LogP contribution in [0.1, 0.15) is 39.7 Å². The van der Waals surface area contributed by atoms with Gasteiger partial charge in [-0.15, -0.1) is 0 Å². The second-order valence-electron chi connectivity index (χ2n) is 8.52. The fraction of sp³-hybridized carbons (Fsp3) is 0.0968.